The van der Waals surface area contributed by atoms with Gasteiger partial charge in [-0.25, -0.2) is 9.37 Å². The lowest BCUT2D eigenvalue weighted by Crippen LogP contribution is -2.40. The fraction of sp³-hybridized carbons (Fsp3) is 0.259. The Hall–Kier alpha value is -3.75. The van der Waals surface area contributed by atoms with Crippen molar-refractivity contribution in [2.45, 2.75) is 38.9 Å². The average molecular weight is 573 g/mol. The van der Waals surface area contributed by atoms with Crippen molar-refractivity contribution in [2.75, 3.05) is 6.61 Å². The van der Waals surface area contributed by atoms with Gasteiger partial charge in [0.05, 0.1) is 28.7 Å². The van der Waals surface area contributed by atoms with Crippen LogP contribution in [0.5, 0.6) is 17.4 Å². The molecule has 0 fully saturated rings. The van der Waals surface area contributed by atoms with Crippen LogP contribution in [-0.4, -0.2) is 43.7 Å². The number of halogens is 3. The Bertz CT molecular complexity index is 1550. The number of nitriles is 1. The van der Waals surface area contributed by atoms with Crippen molar-refractivity contribution in [2.24, 2.45) is 0 Å². The first-order valence-electron chi connectivity index (χ1n) is 11.6. The number of ether oxygens (including phenoxy) is 2. The number of aryl methyl sites for hydroxylation is 1. The SMILES string of the molecule is Cc1cnc(OC[C@H](O)C(C)(C)O)cc1-c1nnc(Cc2ccc(Cl)c(Oc3cc(Cl)cc(C#N)c3)c2F)o1. The number of rotatable bonds is 9. The number of hydrogen-bond acceptors (Lipinski definition) is 9. The summed E-state index contributed by atoms with van der Waals surface area (Å²) in [7, 11) is 0. The Morgan fingerprint density at radius 3 is 2.67 bits per heavy atom. The molecule has 0 spiro atoms. The van der Waals surface area contributed by atoms with E-state index in [2.05, 4.69) is 15.2 Å². The monoisotopic (exact) mass is 572 g/mol. The lowest BCUT2D eigenvalue weighted by molar-refractivity contribution is -0.0667. The zero-order chi connectivity index (χ0) is 28.3. The molecule has 2 heterocycles. The Morgan fingerprint density at radius 2 is 1.95 bits per heavy atom. The van der Waals surface area contributed by atoms with Crippen LogP contribution in [0.15, 0.2) is 47.0 Å². The Labute approximate surface area is 233 Å². The first kappa shape index (κ1) is 28.3. The third-order valence-corrected chi connectivity index (χ3v) is 6.19. The van der Waals surface area contributed by atoms with Crippen LogP contribution >= 0.6 is 23.2 Å². The number of pyridine rings is 1. The summed E-state index contributed by atoms with van der Waals surface area (Å²) in [5.41, 5.74) is 0.337. The van der Waals surface area contributed by atoms with Gasteiger partial charge in [0.25, 0.3) is 0 Å². The highest BCUT2D eigenvalue weighted by Crippen LogP contribution is 2.36. The molecule has 0 amide bonds. The van der Waals surface area contributed by atoms with Crippen LogP contribution in [0.4, 0.5) is 4.39 Å². The van der Waals surface area contributed by atoms with E-state index < -0.39 is 17.5 Å². The van der Waals surface area contributed by atoms with Crippen molar-refractivity contribution in [3.05, 3.63) is 81.0 Å². The van der Waals surface area contributed by atoms with E-state index in [1.165, 1.54) is 44.2 Å². The molecule has 0 bridgehead atoms. The zero-order valence-electron chi connectivity index (χ0n) is 21.1. The topological polar surface area (TPSA) is 135 Å². The average Bonchev–Trinajstić information content (AvgIpc) is 3.35. The third kappa shape index (κ3) is 6.82. The summed E-state index contributed by atoms with van der Waals surface area (Å²) < 4.78 is 32.4. The Morgan fingerprint density at radius 1 is 1.18 bits per heavy atom. The van der Waals surface area contributed by atoms with Gasteiger partial charge in [0, 0.05) is 28.4 Å². The fourth-order valence-corrected chi connectivity index (χ4v) is 3.80. The maximum Gasteiger partial charge on any atom is 0.248 e. The molecule has 0 saturated heterocycles. The van der Waals surface area contributed by atoms with E-state index in [1.807, 2.05) is 6.07 Å². The summed E-state index contributed by atoms with van der Waals surface area (Å²) in [4.78, 5) is 4.17. The second-order valence-electron chi connectivity index (χ2n) is 9.23. The molecule has 0 saturated carbocycles. The number of nitrogens with zero attached hydrogens (tertiary/aromatic N) is 4. The predicted molar refractivity (Wildman–Crippen MR) is 141 cm³/mol. The number of hydrogen-bond donors (Lipinski definition) is 2. The zero-order valence-corrected chi connectivity index (χ0v) is 22.6. The van der Waals surface area contributed by atoms with Gasteiger partial charge in [0.15, 0.2) is 11.6 Å². The van der Waals surface area contributed by atoms with Gasteiger partial charge >= 0.3 is 0 Å². The molecule has 39 heavy (non-hydrogen) atoms. The summed E-state index contributed by atoms with van der Waals surface area (Å²) in [5.74, 6) is -0.348. The van der Waals surface area contributed by atoms with Crippen molar-refractivity contribution < 1.29 is 28.5 Å². The van der Waals surface area contributed by atoms with Crippen molar-refractivity contribution in [1.29, 1.82) is 5.26 Å². The van der Waals surface area contributed by atoms with E-state index >= 15 is 4.39 Å². The summed E-state index contributed by atoms with van der Waals surface area (Å²) in [5, 5.41) is 37.4. The molecule has 4 aromatic rings. The van der Waals surface area contributed by atoms with Crippen LogP contribution in [0.1, 0.15) is 36.4 Å². The molecule has 0 unspecified atom stereocenters. The molecule has 0 aliphatic carbocycles. The van der Waals surface area contributed by atoms with E-state index in [-0.39, 0.29) is 63.4 Å². The number of benzene rings is 2. The summed E-state index contributed by atoms with van der Waals surface area (Å²) in [6, 6.07) is 10.8. The quantitative estimate of drug-likeness (QED) is 0.260. The fourth-order valence-electron chi connectivity index (χ4n) is 3.39. The van der Waals surface area contributed by atoms with Crippen LogP contribution in [0.2, 0.25) is 10.0 Å². The number of aliphatic hydroxyl groups excluding tert-OH is 1. The van der Waals surface area contributed by atoms with E-state index in [0.29, 0.717) is 11.1 Å². The molecule has 12 heteroatoms. The smallest absolute Gasteiger partial charge is 0.248 e. The van der Waals surface area contributed by atoms with Gasteiger partial charge in [0.2, 0.25) is 17.7 Å². The molecule has 2 aromatic carbocycles. The lowest BCUT2D eigenvalue weighted by Gasteiger charge is -2.24. The van der Waals surface area contributed by atoms with Crippen LogP contribution in [0.3, 0.4) is 0 Å². The molecule has 202 valence electrons. The molecule has 2 N–H and O–H groups in total. The summed E-state index contributed by atoms with van der Waals surface area (Å²) in [6.07, 6.45) is 0.354. The Balaban J connectivity index is 1.54. The first-order chi connectivity index (χ1) is 18.4. The second kappa shape index (κ2) is 11.6. The van der Waals surface area contributed by atoms with Crippen molar-refractivity contribution in [3.63, 3.8) is 0 Å². The Kier molecular flexibility index (Phi) is 8.37. The van der Waals surface area contributed by atoms with Gasteiger partial charge in [-0.15, -0.1) is 10.2 Å². The highest BCUT2D eigenvalue weighted by Gasteiger charge is 2.25. The normalized spacial score (nSPS) is 12.2. The van der Waals surface area contributed by atoms with Gasteiger partial charge in [-0.3, -0.25) is 0 Å². The molecule has 1 atom stereocenters. The van der Waals surface area contributed by atoms with E-state index in [4.69, 9.17) is 42.4 Å². The summed E-state index contributed by atoms with van der Waals surface area (Å²) in [6.45, 7) is 4.55. The molecule has 9 nitrogen and oxygen atoms in total. The van der Waals surface area contributed by atoms with Crippen LogP contribution in [0, 0.1) is 24.1 Å². The number of aromatic nitrogens is 3. The molecule has 4 rings (SSSR count). The van der Waals surface area contributed by atoms with Crippen molar-refractivity contribution in [3.8, 4) is 34.9 Å². The van der Waals surface area contributed by atoms with Gasteiger partial charge < -0.3 is 24.1 Å². The van der Waals surface area contributed by atoms with Gasteiger partial charge in [-0.2, -0.15) is 5.26 Å². The van der Waals surface area contributed by atoms with Crippen molar-refractivity contribution in [1.82, 2.24) is 15.2 Å². The maximum atomic E-state index is 15.4. The van der Waals surface area contributed by atoms with E-state index in [1.54, 1.807) is 19.2 Å². The van der Waals surface area contributed by atoms with E-state index in [9.17, 15) is 10.2 Å². The molecule has 2 aromatic heterocycles. The highest BCUT2D eigenvalue weighted by molar-refractivity contribution is 6.32. The molecular formula is C27H23Cl2FN4O5. The summed E-state index contributed by atoms with van der Waals surface area (Å²) >= 11 is 12.2. The predicted octanol–water partition coefficient (Wildman–Crippen LogP) is 5.65. The molecule has 0 aliphatic rings. The maximum absolute atomic E-state index is 15.4. The van der Waals surface area contributed by atoms with Crippen molar-refractivity contribution >= 4 is 23.2 Å². The number of aliphatic hydroxyl groups is 2. The van der Waals surface area contributed by atoms with Crippen LogP contribution in [0.25, 0.3) is 11.5 Å². The van der Waals surface area contributed by atoms with Gasteiger partial charge in [-0.05, 0) is 50.6 Å². The minimum Gasteiger partial charge on any atom is -0.475 e. The standard InChI is InChI=1S/C27H23Cl2FN4O5/c1-14-12-32-22(37-13-21(35)27(2,3)36)10-19(14)26-34-33-23(39-26)8-16-4-5-20(29)25(24(16)30)38-18-7-15(11-31)6-17(28)9-18/h4-7,9-10,12,21,35-36H,8,13H2,1-3H3/t21-/m0/s1. The van der Waals surface area contributed by atoms with Crippen LogP contribution in [-0.2, 0) is 6.42 Å². The highest BCUT2D eigenvalue weighted by atomic mass is 35.5. The molecule has 0 radical (unpaired) electrons. The lowest BCUT2D eigenvalue weighted by atomic mass is 10.0. The van der Waals surface area contributed by atoms with Gasteiger partial charge in [0.1, 0.15) is 18.5 Å². The van der Waals surface area contributed by atoms with Crippen LogP contribution < -0.4 is 9.47 Å². The minimum absolute atomic E-state index is 0.0237. The molecular weight excluding hydrogens is 550 g/mol. The third-order valence-electron chi connectivity index (χ3n) is 5.67. The van der Waals surface area contributed by atoms with Gasteiger partial charge in [-0.1, -0.05) is 29.3 Å². The molecule has 0 aliphatic heterocycles. The minimum atomic E-state index is -1.34. The largest absolute Gasteiger partial charge is 0.475 e. The second-order valence-corrected chi connectivity index (χ2v) is 10.1. The first-order valence-corrected chi connectivity index (χ1v) is 12.4. The van der Waals surface area contributed by atoms with E-state index in [0.717, 1.165) is 0 Å².